The number of nitrogens with zero attached hydrogens (tertiary/aromatic N) is 2. The molecule has 0 aromatic heterocycles. The third-order valence-corrected chi connectivity index (χ3v) is 2.84. The van der Waals surface area contributed by atoms with Crippen molar-refractivity contribution in [3.05, 3.63) is 39.9 Å². The van der Waals surface area contributed by atoms with Gasteiger partial charge in [-0.25, -0.2) is 0 Å². The molecule has 1 amide bonds. The zero-order valence-electron chi connectivity index (χ0n) is 10.2. The SMILES string of the molecule is CCC(=O)N(C)C(C)c1cccc([N+](=O)[O-])c1. The zero-order chi connectivity index (χ0) is 13.0. The topological polar surface area (TPSA) is 63.5 Å². The second-order valence-corrected chi connectivity index (χ2v) is 3.89. The molecule has 92 valence electrons. The van der Waals surface area contributed by atoms with Gasteiger partial charge in [0.1, 0.15) is 0 Å². The summed E-state index contributed by atoms with van der Waals surface area (Å²) in [5.74, 6) is 0.0176. The molecule has 0 N–H and O–H groups in total. The monoisotopic (exact) mass is 236 g/mol. The van der Waals surface area contributed by atoms with Crippen LogP contribution in [0.4, 0.5) is 5.69 Å². The van der Waals surface area contributed by atoms with Gasteiger partial charge < -0.3 is 4.90 Å². The number of benzene rings is 1. The van der Waals surface area contributed by atoms with E-state index in [2.05, 4.69) is 0 Å². The molecule has 0 aliphatic rings. The van der Waals surface area contributed by atoms with E-state index in [4.69, 9.17) is 0 Å². The Kier molecular flexibility index (Phi) is 4.20. The van der Waals surface area contributed by atoms with Crippen LogP contribution in [0.2, 0.25) is 0 Å². The van der Waals surface area contributed by atoms with Crippen LogP contribution in [0.25, 0.3) is 0 Å². The number of nitro benzene ring substituents is 1. The van der Waals surface area contributed by atoms with Crippen molar-refractivity contribution in [1.82, 2.24) is 4.90 Å². The fraction of sp³-hybridized carbons (Fsp3) is 0.417. The zero-order valence-corrected chi connectivity index (χ0v) is 10.2. The Balaban J connectivity index is 2.96. The van der Waals surface area contributed by atoms with Crippen molar-refractivity contribution in [1.29, 1.82) is 0 Å². The van der Waals surface area contributed by atoms with Gasteiger partial charge in [-0.2, -0.15) is 0 Å². The van der Waals surface area contributed by atoms with Crippen LogP contribution in [0.3, 0.4) is 0 Å². The minimum atomic E-state index is -0.433. The Morgan fingerprint density at radius 1 is 1.53 bits per heavy atom. The van der Waals surface area contributed by atoms with Gasteiger partial charge >= 0.3 is 0 Å². The molecule has 0 saturated carbocycles. The van der Waals surface area contributed by atoms with E-state index in [0.29, 0.717) is 6.42 Å². The van der Waals surface area contributed by atoms with E-state index >= 15 is 0 Å². The molecule has 0 aliphatic heterocycles. The van der Waals surface area contributed by atoms with Crippen LogP contribution >= 0.6 is 0 Å². The van der Waals surface area contributed by atoms with Crippen LogP contribution in [-0.4, -0.2) is 22.8 Å². The Labute approximate surface area is 100 Å². The van der Waals surface area contributed by atoms with Crippen molar-refractivity contribution >= 4 is 11.6 Å². The minimum Gasteiger partial charge on any atom is -0.339 e. The van der Waals surface area contributed by atoms with Crippen molar-refractivity contribution in [2.45, 2.75) is 26.3 Å². The van der Waals surface area contributed by atoms with Gasteiger partial charge in [-0.3, -0.25) is 14.9 Å². The molecule has 1 aromatic rings. The summed E-state index contributed by atoms with van der Waals surface area (Å²) >= 11 is 0. The number of nitro groups is 1. The van der Waals surface area contributed by atoms with Crippen LogP contribution < -0.4 is 0 Å². The highest BCUT2D eigenvalue weighted by atomic mass is 16.6. The first-order valence-electron chi connectivity index (χ1n) is 5.47. The highest BCUT2D eigenvalue weighted by Gasteiger charge is 2.17. The average Bonchev–Trinajstić information content (AvgIpc) is 2.36. The van der Waals surface area contributed by atoms with Gasteiger partial charge in [0.25, 0.3) is 5.69 Å². The van der Waals surface area contributed by atoms with E-state index in [-0.39, 0.29) is 17.6 Å². The van der Waals surface area contributed by atoms with Crippen molar-refractivity contribution in [2.75, 3.05) is 7.05 Å². The number of amides is 1. The maximum atomic E-state index is 11.5. The molecule has 1 atom stereocenters. The van der Waals surface area contributed by atoms with E-state index in [9.17, 15) is 14.9 Å². The summed E-state index contributed by atoms with van der Waals surface area (Å²) in [5, 5.41) is 10.7. The van der Waals surface area contributed by atoms with Crippen molar-refractivity contribution in [3.63, 3.8) is 0 Å². The lowest BCUT2D eigenvalue weighted by Gasteiger charge is -2.24. The lowest BCUT2D eigenvalue weighted by Crippen LogP contribution is -2.28. The first-order chi connectivity index (χ1) is 7.97. The van der Waals surface area contributed by atoms with Gasteiger partial charge in [0.15, 0.2) is 0 Å². The van der Waals surface area contributed by atoms with Gasteiger partial charge in [0.05, 0.1) is 11.0 Å². The molecule has 1 aromatic carbocycles. The summed E-state index contributed by atoms with van der Waals surface area (Å²) < 4.78 is 0. The number of carbonyl (C=O) groups excluding carboxylic acids is 1. The summed E-state index contributed by atoms with van der Waals surface area (Å²) in [4.78, 5) is 23.4. The highest BCUT2D eigenvalue weighted by Crippen LogP contribution is 2.23. The molecular formula is C12H16N2O3. The quantitative estimate of drug-likeness (QED) is 0.596. The van der Waals surface area contributed by atoms with Crippen molar-refractivity contribution < 1.29 is 9.72 Å². The number of carbonyl (C=O) groups is 1. The molecule has 0 saturated heterocycles. The molecule has 0 fully saturated rings. The molecule has 0 bridgehead atoms. The highest BCUT2D eigenvalue weighted by molar-refractivity contribution is 5.76. The van der Waals surface area contributed by atoms with E-state index in [0.717, 1.165) is 5.56 Å². The maximum absolute atomic E-state index is 11.5. The van der Waals surface area contributed by atoms with Gasteiger partial charge in [0, 0.05) is 25.6 Å². The van der Waals surface area contributed by atoms with E-state index in [1.54, 1.807) is 31.0 Å². The van der Waals surface area contributed by atoms with Gasteiger partial charge in [-0.1, -0.05) is 19.1 Å². The Hall–Kier alpha value is -1.91. The molecule has 1 rings (SSSR count). The largest absolute Gasteiger partial charge is 0.339 e. The molecule has 0 aliphatic carbocycles. The normalized spacial score (nSPS) is 11.9. The average molecular weight is 236 g/mol. The van der Waals surface area contributed by atoms with E-state index in [1.807, 2.05) is 6.92 Å². The Morgan fingerprint density at radius 2 is 2.18 bits per heavy atom. The maximum Gasteiger partial charge on any atom is 0.269 e. The lowest BCUT2D eigenvalue weighted by atomic mass is 10.1. The molecule has 5 nitrogen and oxygen atoms in total. The Bertz CT molecular complexity index is 432. The molecular weight excluding hydrogens is 220 g/mol. The van der Waals surface area contributed by atoms with Crippen LogP contribution in [0.1, 0.15) is 31.9 Å². The standard InChI is InChI=1S/C12H16N2O3/c1-4-12(15)13(3)9(2)10-6-5-7-11(8-10)14(16)17/h5-9H,4H2,1-3H3. The lowest BCUT2D eigenvalue weighted by molar-refractivity contribution is -0.384. The number of non-ortho nitro benzene ring substituents is 1. The van der Waals surface area contributed by atoms with Gasteiger partial charge in [-0.05, 0) is 12.5 Å². The molecule has 5 heteroatoms. The van der Waals surface area contributed by atoms with Crippen LogP contribution in [0.5, 0.6) is 0 Å². The predicted molar refractivity (Wildman–Crippen MR) is 64.6 cm³/mol. The summed E-state index contributed by atoms with van der Waals surface area (Å²) in [6.07, 6.45) is 0.426. The fourth-order valence-electron chi connectivity index (χ4n) is 1.59. The molecule has 17 heavy (non-hydrogen) atoms. The Morgan fingerprint density at radius 3 is 2.71 bits per heavy atom. The molecule has 1 unspecified atom stereocenters. The van der Waals surface area contributed by atoms with Crippen molar-refractivity contribution in [3.8, 4) is 0 Å². The molecule has 0 heterocycles. The van der Waals surface area contributed by atoms with Crippen LogP contribution in [0, 0.1) is 10.1 Å². The fourth-order valence-corrected chi connectivity index (χ4v) is 1.59. The summed E-state index contributed by atoms with van der Waals surface area (Å²) in [5.41, 5.74) is 0.815. The molecule has 0 radical (unpaired) electrons. The summed E-state index contributed by atoms with van der Waals surface area (Å²) in [6.45, 7) is 3.64. The first-order valence-corrected chi connectivity index (χ1v) is 5.47. The third kappa shape index (κ3) is 3.03. The minimum absolute atomic E-state index is 0.0176. The van der Waals surface area contributed by atoms with Crippen LogP contribution in [0.15, 0.2) is 24.3 Å². The number of hydrogen-bond donors (Lipinski definition) is 0. The number of hydrogen-bond acceptors (Lipinski definition) is 3. The summed E-state index contributed by atoms with van der Waals surface area (Å²) in [6, 6.07) is 6.20. The van der Waals surface area contributed by atoms with Crippen molar-refractivity contribution in [2.24, 2.45) is 0 Å². The third-order valence-electron chi connectivity index (χ3n) is 2.84. The molecule has 0 spiro atoms. The smallest absolute Gasteiger partial charge is 0.269 e. The first kappa shape index (κ1) is 13.2. The van der Waals surface area contributed by atoms with Gasteiger partial charge in [0.2, 0.25) is 5.91 Å². The number of rotatable bonds is 4. The predicted octanol–water partition coefficient (Wildman–Crippen LogP) is 2.52. The second kappa shape index (κ2) is 5.43. The summed E-state index contributed by atoms with van der Waals surface area (Å²) in [7, 11) is 1.70. The van der Waals surface area contributed by atoms with Gasteiger partial charge in [-0.15, -0.1) is 0 Å². The van der Waals surface area contributed by atoms with E-state index < -0.39 is 4.92 Å². The second-order valence-electron chi connectivity index (χ2n) is 3.89. The van der Waals surface area contributed by atoms with Crippen LogP contribution in [-0.2, 0) is 4.79 Å². The van der Waals surface area contributed by atoms with E-state index in [1.165, 1.54) is 12.1 Å².